The fourth-order valence-corrected chi connectivity index (χ4v) is 2.58. The van der Waals surface area contributed by atoms with Crippen LogP contribution < -0.4 is 5.73 Å². The lowest BCUT2D eigenvalue weighted by atomic mass is 10.2. The highest BCUT2D eigenvalue weighted by molar-refractivity contribution is 9.10. The van der Waals surface area contributed by atoms with Gasteiger partial charge in [0.2, 0.25) is 0 Å². The number of hydrogen-bond donors (Lipinski definition) is 1. The Bertz CT molecular complexity index is 509. The molecule has 0 unspecified atom stereocenters. The van der Waals surface area contributed by atoms with E-state index in [2.05, 4.69) is 15.9 Å². The molecule has 0 aliphatic rings. The summed E-state index contributed by atoms with van der Waals surface area (Å²) in [7, 11) is 0. The summed E-state index contributed by atoms with van der Waals surface area (Å²) >= 11 is 4.63. The first kappa shape index (κ1) is 9.31. The fourth-order valence-electron chi connectivity index (χ4n) is 1.10. The van der Waals surface area contributed by atoms with Gasteiger partial charge in [-0.15, -0.1) is 11.3 Å². The van der Waals surface area contributed by atoms with Crippen molar-refractivity contribution in [3.05, 3.63) is 27.9 Å². The molecule has 0 radical (unpaired) electrons. The first-order valence-corrected chi connectivity index (χ1v) is 5.36. The van der Waals surface area contributed by atoms with E-state index in [0.717, 1.165) is 10.4 Å². The Morgan fingerprint density at radius 3 is 2.86 bits per heavy atom. The molecule has 0 saturated heterocycles. The molecule has 2 heterocycles. The molecule has 0 spiro atoms. The quantitative estimate of drug-likeness (QED) is 0.864. The average Bonchev–Trinajstić information content (AvgIpc) is 2.71. The molecular weight excluding hydrogens is 264 g/mol. The van der Waals surface area contributed by atoms with Gasteiger partial charge in [0, 0.05) is 10.4 Å². The van der Waals surface area contributed by atoms with Gasteiger partial charge in [-0.25, -0.2) is 0 Å². The van der Waals surface area contributed by atoms with Gasteiger partial charge < -0.3 is 10.2 Å². The second-order valence-electron chi connectivity index (χ2n) is 2.61. The van der Waals surface area contributed by atoms with Gasteiger partial charge in [-0.1, -0.05) is 0 Å². The third kappa shape index (κ3) is 1.43. The van der Waals surface area contributed by atoms with E-state index >= 15 is 0 Å². The smallest absolute Gasteiger partial charge is 0.177 e. The van der Waals surface area contributed by atoms with E-state index in [0.29, 0.717) is 15.2 Å². The zero-order valence-electron chi connectivity index (χ0n) is 6.95. The van der Waals surface area contributed by atoms with Crippen LogP contribution in [0.1, 0.15) is 4.88 Å². The zero-order chi connectivity index (χ0) is 10.1. The van der Waals surface area contributed by atoms with E-state index in [-0.39, 0.29) is 0 Å². The van der Waals surface area contributed by atoms with Crippen molar-refractivity contribution in [2.75, 3.05) is 5.73 Å². The molecule has 0 aromatic carbocycles. The van der Waals surface area contributed by atoms with Crippen LogP contribution in [0.3, 0.4) is 0 Å². The maximum atomic E-state index is 8.74. The molecule has 14 heavy (non-hydrogen) atoms. The molecule has 2 N–H and O–H groups in total. The SMILES string of the molecule is N#Cc1sc(-c2ccoc2Br)cc1N. The van der Waals surface area contributed by atoms with Crippen molar-refractivity contribution >= 4 is 33.0 Å². The van der Waals surface area contributed by atoms with Crippen molar-refractivity contribution in [2.24, 2.45) is 0 Å². The minimum atomic E-state index is 0.514. The van der Waals surface area contributed by atoms with Gasteiger partial charge in [0.05, 0.1) is 12.0 Å². The van der Waals surface area contributed by atoms with Gasteiger partial charge in [0.1, 0.15) is 10.9 Å². The number of nitrogens with two attached hydrogens (primary N) is 1. The highest BCUT2D eigenvalue weighted by atomic mass is 79.9. The summed E-state index contributed by atoms with van der Waals surface area (Å²) < 4.78 is 5.76. The average molecular weight is 269 g/mol. The van der Waals surface area contributed by atoms with Gasteiger partial charge >= 0.3 is 0 Å². The molecule has 3 nitrogen and oxygen atoms in total. The van der Waals surface area contributed by atoms with Crippen LogP contribution in [-0.2, 0) is 0 Å². The van der Waals surface area contributed by atoms with Crippen LogP contribution in [0.15, 0.2) is 27.5 Å². The number of anilines is 1. The summed E-state index contributed by atoms with van der Waals surface area (Å²) in [5.74, 6) is 0. The fraction of sp³-hybridized carbons (Fsp3) is 0. The molecule has 70 valence electrons. The molecular formula is C9H5BrN2OS. The summed E-state index contributed by atoms with van der Waals surface area (Å²) in [5.41, 5.74) is 7.08. The van der Waals surface area contributed by atoms with Crippen molar-refractivity contribution in [2.45, 2.75) is 0 Å². The van der Waals surface area contributed by atoms with Crippen molar-refractivity contribution < 1.29 is 4.42 Å². The Labute approximate surface area is 92.9 Å². The van der Waals surface area contributed by atoms with Crippen LogP contribution in [0, 0.1) is 11.3 Å². The Hall–Kier alpha value is -1.25. The molecule has 0 amide bonds. The van der Waals surface area contributed by atoms with Crippen LogP contribution in [0.25, 0.3) is 10.4 Å². The standard InChI is InChI=1S/C9H5BrN2OS/c10-9-5(1-2-13-9)7-3-6(12)8(4-11)14-7/h1-3H,12H2. The third-order valence-electron chi connectivity index (χ3n) is 1.75. The molecule has 0 fully saturated rings. The van der Waals surface area contributed by atoms with Crippen LogP contribution in [0.4, 0.5) is 5.69 Å². The molecule has 0 aliphatic carbocycles. The highest BCUT2D eigenvalue weighted by Gasteiger charge is 2.11. The molecule has 0 saturated carbocycles. The maximum Gasteiger partial charge on any atom is 0.177 e. The van der Waals surface area contributed by atoms with Crippen molar-refractivity contribution in [3.8, 4) is 16.5 Å². The van der Waals surface area contributed by atoms with E-state index < -0.39 is 0 Å². The Morgan fingerprint density at radius 2 is 2.36 bits per heavy atom. The summed E-state index contributed by atoms with van der Waals surface area (Å²) in [6.07, 6.45) is 1.58. The van der Waals surface area contributed by atoms with Gasteiger partial charge in [0.25, 0.3) is 0 Å². The summed E-state index contributed by atoms with van der Waals surface area (Å²) in [6, 6.07) is 5.65. The number of hydrogen-bond acceptors (Lipinski definition) is 4. The first-order chi connectivity index (χ1) is 6.72. The van der Waals surface area contributed by atoms with E-state index in [9.17, 15) is 0 Å². The summed E-state index contributed by atoms with van der Waals surface area (Å²) in [6.45, 7) is 0. The van der Waals surface area contributed by atoms with Gasteiger partial charge in [-0.2, -0.15) is 5.26 Å². The van der Waals surface area contributed by atoms with E-state index in [1.165, 1.54) is 11.3 Å². The summed E-state index contributed by atoms with van der Waals surface area (Å²) in [5, 5.41) is 8.74. The number of rotatable bonds is 1. The lowest BCUT2D eigenvalue weighted by Crippen LogP contribution is -1.81. The van der Waals surface area contributed by atoms with Gasteiger partial charge in [0.15, 0.2) is 4.67 Å². The van der Waals surface area contributed by atoms with Crippen LogP contribution in [0.5, 0.6) is 0 Å². The molecule has 2 aromatic rings. The minimum Gasteiger partial charge on any atom is -0.457 e. The Morgan fingerprint density at radius 1 is 1.57 bits per heavy atom. The largest absolute Gasteiger partial charge is 0.457 e. The molecule has 0 aliphatic heterocycles. The molecule has 2 rings (SSSR count). The molecule has 0 bridgehead atoms. The maximum absolute atomic E-state index is 8.74. The normalized spacial score (nSPS) is 10.0. The van der Waals surface area contributed by atoms with Crippen molar-refractivity contribution in [3.63, 3.8) is 0 Å². The third-order valence-corrected chi connectivity index (χ3v) is 3.45. The number of thiophene rings is 1. The highest BCUT2D eigenvalue weighted by Crippen LogP contribution is 2.37. The number of nitrogen functional groups attached to an aromatic ring is 1. The van der Waals surface area contributed by atoms with Crippen molar-refractivity contribution in [1.29, 1.82) is 5.26 Å². The van der Waals surface area contributed by atoms with Crippen LogP contribution in [0.2, 0.25) is 0 Å². The van der Waals surface area contributed by atoms with Crippen LogP contribution in [-0.4, -0.2) is 0 Å². The molecule has 5 heteroatoms. The second kappa shape index (κ2) is 3.48. The predicted octanol–water partition coefficient (Wildman–Crippen LogP) is 3.22. The molecule has 0 atom stereocenters. The summed E-state index contributed by atoms with van der Waals surface area (Å²) in [4.78, 5) is 1.47. The monoisotopic (exact) mass is 268 g/mol. The number of halogens is 1. The molecule has 2 aromatic heterocycles. The second-order valence-corrected chi connectivity index (χ2v) is 4.39. The first-order valence-electron chi connectivity index (χ1n) is 3.75. The number of nitriles is 1. The minimum absolute atomic E-state index is 0.514. The number of furan rings is 1. The lowest BCUT2D eigenvalue weighted by molar-refractivity contribution is 0.542. The lowest BCUT2D eigenvalue weighted by Gasteiger charge is -1.89. The van der Waals surface area contributed by atoms with Gasteiger partial charge in [-0.3, -0.25) is 0 Å². The predicted molar refractivity (Wildman–Crippen MR) is 58.8 cm³/mol. The van der Waals surface area contributed by atoms with Crippen LogP contribution >= 0.6 is 27.3 Å². The zero-order valence-corrected chi connectivity index (χ0v) is 9.35. The van der Waals surface area contributed by atoms with Crippen molar-refractivity contribution in [1.82, 2.24) is 0 Å². The van der Waals surface area contributed by atoms with E-state index in [1.807, 2.05) is 12.1 Å². The number of nitrogens with zero attached hydrogens (tertiary/aromatic N) is 1. The van der Waals surface area contributed by atoms with Gasteiger partial charge in [-0.05, 0) is 28.1 Å². The Balaban J connectivity index is 2.54. The topological polar surface area (TPSA) is 63.0 Å². The Kier molecular flexibility index (Phi) is 2.32. The van der Waals surface area contributed by atoms with E-state index in [1.54, 1.807) is 12.3 Å². The van der Waals surface area contributed by atoms with E-state index in [4.69, 9.17) is 15.4 Å².